The Hall–Kier alpha value is -1.84. The highest BCUT2D eigenvalue weighted by Gasteiger charge is 2.25. The number of halogens is 1. The van der Waals surface area contributed by atoms with Crippen molar-refractivity contribution in [3.05, 3.63) is 42.2 Å². The van der Waals surface area contributed by atoms with Crippen molar-refractivity contribution in [1.82, 2.24) is 4.90 Å². The van der Waals surface area contributed by atoms with Crippen LogP contribution in [-0.4, -0.2) is 30.0 Å². The Labute approximate surface area is 130 Å². The number of benzene rings is 1. The molecule has 1 aliphatic carbocycles. The van der Waals surface area contributed by atoms with Crippen molar-refractivity contribution in [3.63, 3.8) is 0 Å². The summed E-state index contributed by atoms with van der Waals surface area (Å²) < 4.78 is 18.7. The van der Waals surface area contributed by atoms with E-state index in [9.17, 15) is 9.18 Å². The van der Waals surface area contributed by atoms with E-state index < -0.39 is 0 Å². The molecule has 1 atom stereocenters. The Morgan fingerprint density at radius 2 is 1.91 bits per heavy atom. The van der Waals surface area contributed by atoms with Gasteiger partial charge in [-0.2, -0.15) is 0 Å². The van der Waals surface area contributed by atoms with Crippen molar-refractivity contribution < 1.29 is 13.9 Å². The number of nitrogens with zero attached hydrogens (tertiary/aromatic N) is 1. The predicted molar refractivity (Wildman–Crippen MR) is 83.1 cm³/mol. The van der Waals surface area contributed by atoms with Crippen LogP contribution in [-0.2, 0) is 4.79 Å². The summed E-state index contributed by atoms with van der Waals surface area (Å²) in [6, 6.07) is 6.12. The summed E-state index contributed by atoms with van der Waals surface area (Å²) in [5.74, 6) is 1.13. The molecule has 1 saturated heterocycles. The minimum atomic E-state index is -0.256. The Balaban J connectivity index is 1.44. The minimum absolute atomic E-state index is 0.112. The van der Waals surface area contributed by atoms with Gasteiger partial charge < -0.3 is 9.64 Å². The number of rotatable bonds is 4. The van der Waals surface area contributed by atoms with Crippen LogP contribution < -0.4 is 4.74 Å². The number of hydrogen-bond acceptors (Lipinski definition) is 2. The van der Waals surface area contributed by atoms with E-state index in [1.165, 1.54) is 12.1 Å². The zero-order chi connectivity index (χ0) is 15.4. The summed E-state index contributed by atoms with van der Waals surface area (Å²) in [7, 11) is 0. The lowest BCUT2D eigenvalue weighted by atomic mass is 10.0. The molecular formula is C18H22FNO2. The van der Waals surface area contributed by atoms with Crippen LogP contribution in [0.3, 0.4) is 0 Å². The molecule has 1 amide bonds. The lowest BCUT2D eigenvalue weighted by Gasteiger charge is -2.32. The van der Waals surface area contributed by atoms with Crippen LogP contribution in [0.1, 0.15) is 32.1 Å². The monoisotopic (exact) mass is 303 g/mol. The number of allylic oxidation sites excluding steroid dienone is 2. The maximum absolute atomic E-state index is 12.9. The van der Waals surface area contributed by atoms with Crippen molar-refractivity contribution in [2.24, 2.45) is 5.92 Å². The van der Waals surface area contributed by atoms with Gasteiger partial charge in [0, 0.05) is 32.4 Å². The molecule has 1 fully saturated rings. The van der Waals surface area contributed by atoms with Crippen LogP contribution in [0.4, 0.5) is 4.39 Å². The highest BCUT2D eigenvalue weighted by Crippen LogP contribution is 2.23. The molecule has 3 nitrogen and oxygen atoms in total. The smallest absolute Gasteiger partial charge is 0.223 e. The predicted octanol–water partition coefficient (Wildman–Crippen LogP) is 3.55. The largest absolute Gasteiger partial charge is 0.490 e. The summed E-state index contributed by atoms with van der Waals surface area (Å²) in [4.78, 5) is 14.2. The quantitative estimate of drug-likeness (QED) is 0.796. The summed E-state index contributed by atoms with van der Waals surface area (Å²) >= 11 is 0. The third kappa shape index (κ3) is 3.87. The van der Waals surface area contributed by atoms with Gasteiger partial charge in [0.2, 0.25) is 5.91 Å². The molecular weight excluding hydrogens is 281 g/mol. The minimum Gasteiger partial charge on any atom is -0.490 e. The van der Waals surface area contributed by atoms with E-state index in [0.29, 0.717) is 18.1 Å². The SMILES string of the molecule is O=C(C[C@@H]1C=CCC1)N1CCC(Oc2ccc(F)cc2)CC1. The fourth-order valence-electron chi connectivity index (χ4n) is 3.15. The van der Waals surface area contributed by atoms with Gasteiger partial charge >= 0.3 is 0 Å². The van der Waals surface area contributed by atoms with Crippen LogP contribution in [0, 0.1) is 11.7 Å². The standard InChI is InChI=1S/C18H22FNO2/c19-15-5-7-16(8-6-15)22-17-9-11-20(12-10-17)18(21)13-14-3-1-2-4-14/h1,3,5-8,14,17H,2,4,9-13H2/t14-/m1/s1. The molecule has 22 heavy (non-hydrogen) atoms. The van der Waals surface area contributed by atoms with Gasteiger partial charge in [-0.25, -0.2) is 4.39 Å². The zero-order valence-corrected chi connectivity index (χ0v) is 12.7. The number of amides is 1. The molecule has 1 aliphatic heterocycles. The van der Waals surface area contributed by atoms with Crippen molar-refractivity contribution in [3.8, 4) is 5.75 Å². The maximum atomic E-state index is 12.9. The molecule has 0 spiro atoms. The Bertz CT molecular complexity index is 533. The highest BCUT2D eigenvalue weighted by molar-refractivity contribution is 5.76. The van der Waals surface area contributed by atoms with Gasteiger partial charge in [0.15, 0.2) is 0 Å². The van der Waals surface area contributed by atoms with E-state index >= 15 is 0 Å². The maximum Gasteiger partial charge on any atom is 0.223 e. The lowest BCUT2D eigenvalue weighted by Crippen LogP contribution is -2.42. The second kappa shape index (κ2) is 6.95. The third-order valence-electron chi connectivity index (χ3n) is 4.46. The molecule has 1 aromatic carbocycles. The molecule has 0 aromatic heterocycles. The van der Waals surface area contributed by atoms with Gasteiger partial charge in [-0.3, -0.25) is 4.79 Å². The van der Waals surface area contributed by atoms with Gasteiger partial charge in [0.05, 0.1) is 0 Å². The first-order valence-electron chi connectivity index (χ1n) is 8.07. The summed E-state index contributed by atoms with van der Waals surface area (Å²) in [5.41, 5.74) is 0. The molecule has 0 N–H and O–H groups in total. The van der Waals surface area contributed by atoms with E-state index in [-0.39, 0.29) is 17.8 Å². The second-order valence-electron chi connectivity index (χ2n) is 6.12. The van der Waals surface area contributed by atoms with Gasteiger partial charge in [0.1, 0.15) is 17.7 Å². The number of carbonyl (C=O) groups excluding carboxylic acids is 1. The Kier molecular flexibility index (Phi) is 4.76. The van der Waals surface area contributed by atoms with Gasteiger partial charge in [0.25, 0.3) is 0 Å². The fourth-order valence-corrected chi connectivity index (χ4v) is 3.15. The number of piperidine rings is 1. The van der Waals surface area contributed by atoms with Crippen LogP contribution in [0.2, 0.25) is 0 Å². The zero-order valence-electron chi connectivity index (χ0n) is 12.7. The lowest BCUT2D eigenvalue weighted by molar-refractivity contribution is -0.133. The van der Waals surface area contributed by atoms with Gasteiger partial charge in [-0.1, -0.05) is 12.2 Å². The fraction of sp³-hybridized carbons (Fsp3) is 0.500. The van der Waals surface area contributed by atoms with E-state index in [1.807, 2.05) is 4.90 Å². The summed E-state index contributed by atoms with van der Waals surface area (Å²) in [5, 5.41) is 0. The molecule has 0 bridgehead atoms. The van der Waals surface area contributed by atoms with Gasteiger partial charge in [-0.05, 0) is 43.0 Å². The van der Waals surface area contributed by atoms with Crippen LogP contribution in [0.25, 0.3) is 0 Å². The van der Waals surface area contributed by atoms with E-state index in [2.05, 4.69) is 12.2 Å². The molecule has 0 unspecified atom stereocenters. The molecule has 4 heteroatoms. The molecule has 1 heterocycles. The topological polar surface area (TPSA) is 29.5 Å². The van der Waals surface area contributed by atoms with Gasteiger partial charge in [-0.15, -0.1) is 0 Å². The summed E-state index contributed by atoms with van der Waals surface area (Å²) in [6.07, 6.45) is 8.97. The van der Waals surface area contributed by atoms with Crippen molar-refractivity contribution >= 4 is 5.91 Å². The molecule has 1 aromatic rings. The first-order chi connectivity index (χ1) is 10.7. The van der Waals surface area contributed by atoms with E-state index in [0.717, 1.165) is 38.8 Å². The molecule has 3 rings (SSSR count). The van der Waals surface area contributed by atoms with Crippen LogP contribution >= 0.6 is 0 Å². The molecule has 0 radical (unpaired) electrons. The molecule has 0 saturated carbocycles. The average Bonchev–Trinajstić information content (AvgIpc) is 3.03. The Morgan fingerprint density at radius 1 is 1.18 bits per heavy atom. The van der Waals surface area contributed by atoms with Crippen molar-refractivity contribution in [2.75, 3.05) is 13.1 Å². The number of ether oxygens (including phenoxy) is 1. The first kappa shape index (κ1) is 15.1. The third-order valence-corrected chi connectivity index (χ3v) is 4.46. The average molecular weight is 303 g/mol. The van der Waals surface area contributed by atoms with Crippen LogP contribution in [0.15, 0.2) is 36.4 Å². The number of hydrogen-bond donors (Lipinski definition) is 0. The highest BCUT2D eigenvalue weighted by atomic mass is 19.1. The van der Waals surface area contributed by atoms with Crippen LogP contribution in [0.5, 0.6) is 5.75 Å². The number of carbonyl (C=O) groups is 1. The molecule has 2 aliphatic rings. The molecule has 118 valence electrons. The number of likely N-dealkylation sites (tertiary alicyclic amines) is 1. The second-order valence-corrected chi connectivity index (χ2v) is 6.12. The first-order valence-corrected chi connectivity index (χ1v) is 8.07. The van der Waals surface area contributed by atoms with E-state index in [1.54, 1.807) is 12.1 Å². The van der Waals surface area contributed by atoms with Crippen molar-refractivity contribution in [2.45, 2.75) is 38.2 Å². The summed E-state index contributed by atoms with van der Waals surface area (Å²) in [6.45, 7) is 1.50. The van der Waals surface area contributed by atoms with Crippen molar-refractivity contribution in [1.29, 1.82) is 0 Å². The Morgan fingerprint density at radius 3 is 2.55 bits per heavy atom. The normalized spacial score (nSPS) is 22.0. The van der Waals surface area contributed by atoms with E-state index in [4.69, 9.17) is 4.74 Å².